The molecule has 2 rings (SSSR count). The van der Waals surface area contributed by atoms with Crippen LogP contribution in [0, 0.1) is 0 Å². The lowest BCUT2D eigenvalue weighted by Gasteiger charge is -2.13. The standard InChI is InChI=1S/C18H21Cl2N3O2S.HI/c1-21-18(23-11-15-7-8-16(19)9-17(15)20)22-10-13-3-5-14(6-4-13)12-26(2,24)25;/h3-9H,10-12H2,1-2H3,(H2,21,22,23);1H. The van der Waals surface area contributed by atoms with E-state index in [1.54, 1.807) is 19.2 Å². The Morgan fingerprint density at radius 1 is 1.00 bits per heavy atom. The summed E-state index contributed by atoms with van der Waals surface area (Å²) < 4.78 is 22.6. The zero-order valence-corrected chi connectivity index (χ0v) is 19.7. The second kappa shape index (κ2) is 11.1. The van der Waals surface area contributed by atoms with E-state index in [0.717, 1.165) is 16.7 Å². The van der Waals surface area contributed by atoms with Crippen LogP contribution in [0.25, 0.3) is 0 Å². The lowest BCUT2D eigenvalue weighted by Crippen LogP contribution is -2.36. The first kappa shape index (κ1) is 24.0. The Kier molecular flexibility index (Phi) is 9.86. The SMILES string of the molecule is CN=C(NCc1ccc(CS(C)(=O)=O)cc1)NCc1ccc(Cl)cc1Cl.I. The molecule has 0 spiro atoms. The fourth-order valence-electron chi connectivity index (χ4n) is 2.31. The van der Waals surface area contributed by atoms with Crippen molar-refractivity contribution in [3.63, 3.8) is 0 Å². The van der Waals surface area contributed by atoms with Gasteiger partial charge in [0.1, 0.15) is 0 Å². The first-order valence-electron chi connectivity index (χ1n) is 7.91. The molecule has 2 aromatic rings. The number of benzene rings is 2. The van der Waals surface area contributed by atoms with Gasteiger partial charge in [-0.1, -0.05) is 53.5 Å². The molecular weight excluding hydrogens is 520 g/mol. The molecule has 0 radical (unpaired) electrons. The smallest absolute Gasteiger partial charge is 0.191 e. The normalized spacial score (nSPS) is 11.6. The van der Waals surface area contributed by atoms with Crippen molar-refractivity contribution in [2.45, 2.75) is 18.8 Å². The monoisotopic (exact) mass is 541 g/mol. The van der Waals surface area contributed by atoms with Crippen LogP contribution in [0.5, 0.6) is 0 Å². The van der Waals surface area contributed by atoms with E-state index in [4.69, 9.17) is 23.2 Å². The average Bonchev–Trinajstić information content (AvgIpc) is 2.56. The summed E-state index contributed by atoms with van der Waals surface area (Å²) in [7, 11) is -1.33. The molecular formula is C18H22Cl2IN3O2S. The minimum absolute atomic E-state index is 0. The van der Waals surface area contributed by atoms with Crippen molar-refractivity contribution in [2.75, 3.05) is 13.3 Å². The third-order valence-corrected chi connectivity index (χ3v) is 5.04. The largest absolute Gasteiger partial charge is 0.352 e. The summed E-state index contributed by atoms with van der Waals surface area (Å²) in [5.74, 6) is 0.683. The zero-order chi connectivity index (χ0) is 19.2. The van der Waals surface area contributed by atoms with Crippen LogP contribution in [0.4, 0.5) is 0 Å². The van der Waals surface area contributed by atoms with E-state index in [1.807, 2.05) is 30.3 Å². The van der Waals surface area contributed by atoms with Gasteiger partial charge < -0.3 is 10.6 Å². The van der Waals surface area contributed by atoms with Crippen molar-refractivity contribution < 1.29 is 8.42 Å². The van der Waals surface area contributed by atoms with Gasteiger partial charge in [-0.25, -0.2) is 8.42 Å². The molecule has 5 nitrogen and oxygen atoms in total. The van der Waals surface area contributed by atoms with Gasteiger partial charge >= 0.3 is 0 Å². The van der Waals surface area contributed by atoms with Crippen molar-refractivity contribution >= 4 is 63.0 Å². The third-order valence-electron chi connectivity index (χ3n) is 3.60. The quantitative estimate of drug-likeness (QED) is 0.329. The number of hydrogen-bond acceptors (Lipinski definition) is 3. The van der Waals surface area contributed by atoms with Gasteiger partial charge in [-0.15, -0.1) is 24.0 Å². The number of guanidine groups is 1. The number of hydrogen-bond donors (Lipinski definition) is 2. The van der Waals surface area contributed by atoms with E-state index < -0.39 is 9.84 Å². The molecule has 0 aliphatic heterocycles. The van der Waals surface area contributed by atoms with Crippen LogP contribution >= 0.6 is 47.2 Å². The van der Waals surface area contributed by atoms with Crippen molar-refractivity contribution in [3.05, 3.63) is 69.2 Å². The first-order chi connectivity index (χ1) is 12.3. The third kappa shape index (κ3) is 8.68. The van der Waals surface area contributed by atoms with Crippen molar-refractivity contribution in [1.29, 1.82) is 0 Å². The summed E-state index contributed by atoms with van der Waals surface area (Å²) in [6, 6.07) is 12.8. The maximum absolute atomic E-state index is 11.3. The number of sulfone groups is 1. The Morgan fingerprint density at radius 3 is 2.15 bits per heavy atom. The first-order valence-corrected chi connectivity index (χ1v) is 10.7. The predicted octanol–water partition coefficient (Wildman–Crippen LogP) is 4.02. The van der Waals surface area contributed by atoms with Crippen LogP contribution in [-0.2, 0) is 28.7 Å². The average molecular weight is 542 g/mol. The van der Waals surface area contributed by atoms with Crippen molar-refractivity contribution in [1.82, 2.24) is 10.6 Å². The molecule has 0 unspecified atom stereocenters. The summed E-state index contributed by atoms with van der Waals surface area (Å²) in [6.45, 7) is 1.08. The lowest BCUT2D eigenvalue weighted by molar-refractivity contribution is 0.601. The van der Waals surface area contributed by atoms with E-state index in [9.17, 15) is 8.42 Å². The Hall–Kier alpha value is -1.03. The summed E-state index contributed by atoms with van der Waals surface area (Å²) in [5.41, 5.74) is 2.72. The van der Waals surface area contributed by atoms with E-state index in [-0.39, 0.29) is 29.7 Å². The number of nitrogens with one attached hydrogen (secondary N) is 2. The Morgan fingerprint density at radius 2 is 1.59 bits per heavy atom. The highest BCUT2D eigenvalue weighted by atomic mass is 127. The molecule has 0 fully saturated rings. The summed E-state index contributed by atoms with van der Waals surface area (Å²) in [6.07, 6.45) is 1.23. The maximum Gasteiger partial charge on any atom is 0.191 e. The molecule has 0 aliphatic carbocycles. The Balaban J connectivity index is 0.00000364. The molecule has 0 bridgehead atoms. The number of nitrogens with zero attached hydrogens (tertiary/aromatic N) is 1. The Bertz CT molecular complexity index is 888. The molecule has 9 heteroatoms. The second-order valence-corrected chi connectivity index (χ2v) is 8.89. The van der Waals surface area contributed by atoms with Gasteiger partial charge in [0.25, 0.3) is 0 Å². The Labute approximate surface area is 187 Å². The summed E-state index contributed by atoms with van der Waals surface area (Å²) >= 11 is 12.1. The number of rotatable bonds is 6. The van der Waals surface area contributed by atoms with Crippen molar-refractivity contribution in [2.24, 2.45) is 4.99 Å². The second-order valence-electron chi connectivity index (χ2n) is 5.90. The molecule has 0 saturated carbocycles. The summed E-state index contributed by atoms with van der Waals surface area (Å²) in [4.78, 5) is 4.18. The van der Waals surface area contributed by atoms with Crippen LogP contribution in [0.15, 0.2) is 47.5 Å². The van der Waals surface area contributed by atoms with Crippen LogP contribution < -0.4 is 10.6 Å². The van der Waals surface area contributed by atoms with Gasteiger partial charge in [-0.3, -0.25) is 4.99 Å². The molecule has 0 saturated heterocycles. The van der Waals surface area contributed by atoms with E-state index in [1.165, 1.54) is 6.26 Å². The van der Waals surface area contributed by atoms with Crippen molar-refractivity contribution in [3.8, 4) is 0 Å². The molecule has 0 atom stereocenters. The van der Waals surface area contributed by atoms with E-state index in [0.29, 0.717) is 29.1 Å². The minimum atomic E-state index is -3.02. The highest BCUT2D eigenvalue weighted by molar-refractivity contribution is 14.0. The molecule has 2 N–H and O–H groups in total. The van der Waals surface area contributed by atoms with Crippen LogP contribution in [0.2, 0.25) is 10.0 Å². The number of halogens is 3. The maximum atomic E-state index is 11.3. The fourth-order valence-corrected chi connectivity index (χ4v) is 3.58. The molecule has 2 aromatic carbocycles. The molecule has 0 aromatic heterocycles. The van der Waals surface area contributed by atoms with Gasteiger partial charge in [0.2, 0.25) is 0 Å². The van der Waals surface area contributed by atoms with E-state index in [2.05, 4.69) is 15.6 Å². The van der Waals surface area contributed by atoms with Gasteiger partial charge in [0, 0.05) is 36.4 Å². The molecule has 0 aliphatic rings. The van der Waals surface area contributed by atoms with E-state index >= 15 is 0 Å². The molecule has 0 heterocycles. The lowest BCUT2D eigenvalue weighted by atomic mass is 10.1. The van der Waals surface area contributed by atoms with Gasteiger partial charge in [0.15, 0.2) is 15.8 Å². The summed E-state index contributed by atoms with van der Waals surface area (Å²) in [5, 5.41) is 7.59. The van der Waals surface area contributed by atoms with Gasteiger partial charge in [-0.05, 0) is 28.8 Å². The molecule has 148 valence electrons. The highest BCUT2D eigenvalue weighted by Gasteiger charge is 2.05. The molecule has 0 amide bonds. The van der Waals surface area contributed by atoms with Crippen LogP contribution in [0.1, 0.15) is 16.7 Å². The number of aliphatic imine (C=N–C) groups is 1. The minimum Gasteiger partial charge on any atom is -0.352 e. The molecule has 27 heavy (non-hydrogen) atoms. The van der Waals surface area contributed by atoms with Gasteiger partial charge in [-0.2, -0.15) is 0 Å². The predicted molar refractivity (Wildman–Crippen MR) is 124 cm³/mol. The highest BCUT2D eigenvalue weighted by Crippen LogP contribution is 2.20. The van der Waals surface area contributed by atoms with Crippen LogP contribution in [-0.4, -0.2) is 27.7 Å². The van der Waals surface area contributed by atoms with Gasteiger partial charge in [0.05, 0.1) is 5.75 Å². The topological polar surface area (TPSA) is 70.6 Å². The van der Waals surface area contributed by atoms with Crippen LogP contribution in [0.3, 0.4) is 0 Å². The fraction of sp³-hybridized carbons (Fsp3) is 0.278. The zero-order valence-electron chi connectivity index (χ0n) is 15.0.